The molecule has 0 radical (unpaired) electrons. The third-order valence-electron chi connectivity index (χ3n) is 6.90. The molecule has 172 valence electrons. The largest absolute Gasteiger partial charge is 0.393 e. The highest BCUT2D eigenvalue weighted by Gasteiger charge is 2.25. The van der Waals surface area contributed by atoms with Gasteiger partial charge in [0.1, 0.15) is 11.3 Å². The van der Waals surface area contributed by atoms with Gasteiger partial charge in [-0.05, 0) is 74.8 Å². The second-order valence-corrected chi connectivity index (χ2v) is 9.02. The van der Waals surface area contributed by atoms with Crippen molar-refractivity contribution in [2.45, 2.75) is 32.2 Å². The molecule has 1 saturated heterocycles. The van der Waals surface area contributed by atoms with E-state index in [0.29, 0.717) is 11.6 Å². The molecule has 0 saturated carbocycles. The Kier molecular flexibility index (Phi) is 5.62. The van der Waals surface area contributed by atoms with Gasteiger partial charge in [-0.15, -0.1) is 0 Å². The highest BCUT2D eigenvalue weighted by atomic mass is 19.1. The zero-order chi connectivity index (χ0) is 23.1. The molecular weight excluding hydrogens is 413 g/mol. The fourth-order valence-electron chi connectivity index (χ4n) is 5.18. The van der Waals surface area contributed by atoms with Crippen molar-refractivity contribution in [3.05, 3.63) is 83.4 Å². The predicted molar refractivity (Wildman–Crippen MR) is 135 cm³/mol. The van der Waals surface area contributed by atoms with Crippen molar-refractivity contribution >= 4 is 22.2 Å². The van der Waals surface area contributed by atoms with Crippen LogP contribution in [0.5, 0.6) is 0 Å². The fourth-order valence-corrected chi connectivity index (χ4v) is 5.18. The number of piperidine rings is 1. The summed E-state index contributed by atoms with van der Waals surface area (Å²) in [5, 5.41) is 3.06. The second kappa shape index (κ2) is 8.60. The molecule has 5 nitrogen and oxygen atoms in total. The highest BCUT2D eigenvalue weighted by molar-refractivity contribution is 5.90. The van der Waals surface area contributed by atoms with Crippen LogP contribution >= 0.6 is 0 Å². The number of likely N-dealkylation sites (tertiary alicyclic amines) is 1. The van der Waals surface area contributed by atoms with Gasteiger partial charge in [-0.25, -0.2) is 9.37 Å². The molecule has 0 bridgehead atoms. The first-order chi connectivity index (χ1) is 16.0. The van der Waals surface area contributed by atoms with Gasteiger partial charge in [0.15, 0.2) is 5.82 Å². The van der Waals surface area contributed by atoms with E-state index in [-0.39, 0.29) is 7.24 Å². The summed E-state index contributed by atoms with van der Waals surface area (Å²) in [5.41, 5.74) is 7.28. The van der Waals surface area contributed by atoms with Crippen LogP contribution in [-0.2, 0) is 6.42 Å². The lowest BCUT2D eigenvalue weighted by molar-refractivity contribution is 0.222. The zero-order valence-corrected chi connectivity index (χ0v) is 19.5. The molecule has 1 N–H and O–H groups in total. The number of nitrogens with one attached hydrogen (secondary N) is 1. The summed E-state index contributed by atoms with van der Waals surface area (Å²) in [6.07, 6.45) is 10.6. The number of benzene rings is 1. The van der Waals surface area contributed by atoms with E-state index in [1.165, 1.54) is 0 Å². The highest BCUT2D eigenvalue weighted by Crippen LogP contribution is 2.37. The maximum absolute atomic E-state index is 15.3. The van der Waals surface area contributed by atoms with Gasteiger partial charge < -0.3 is 14.8 Å². The first-order valence-electron chi connectivity index (χ1n) is 11.6. The molecule has 5 rings (SSSR count). The number of pyridine rings is 1. The molecule has 0 unspecified atom stereocenters. The number of hydrogen-bond donors (Lipinski definition) is 1. The molecular formula is C27H32FN5. The lowest BCUT2D eigenvalue weighted by atomic mass is 9.97. The molecule has 1 aromatic carbocycles. The van der Waals surface area contributed by atoms with Gasteiger partial charge in [-0.3, -0.25) is 4.98 Å². The average molecular weight is 446 g/mol. The van der Waals surface area contributed by atoms with Crippen LogP contribution < -0.4 is 5.32 Å². The third kappa shape index (κ3) is 3.78. The number of allylic oxidation sites excluding steroid dienone is 3. The molecule has 0 amide bonds. The SMILES string of the molecule is C=C/C(=C\NC)c1cnc2c(c1)C(c1cc(F)c3nc(C)n(C4CCN(C)CC4)c3c1)=CC2.[HH]. The van der Waals surface area contributed by atoms with Crippen molar-refractivity contribution in [1.29, 1.82) is 0 Å². The van der Waals surface area contributed by atoms with Gasteiger partial charge in [0.05, 0.1) is 11.2 Å². The Bertz CT molecular complexity index is 1300. The molecule has 1 aliphatic carbocycles. The molecule has 3 heterocycles. The molecule has 2 aromatic heterocycles. The van der Waals surface area contributed by atoms with Gasteiger partial charge in [-0.1, -0.05) is 18.7 Å². The third-order valence-corrected chi connectivity index (χ3v) is 6.90. The van der Waals surface area contributed by atoms with E-state index in [1.807, 2.05) is 32.4 Å². The number of nitrogens with zero attached hydrogens (tertiary/aromatic N) is 4. The van der Waals surface area contributed by atoms with Gasteiger partial charge in [0.25, 0.3) is 0 Å². The predicted octanol–water partition coefficient (Wildman–Crippen LogP) is 5.13. The summed E-state index contributed by atoms with van der Waals surface area (Å²) in [7, 11) is 4.02. The normalized spacial score (nSPS) is 17.3. The van der Waals surface area contributed by atoms with Gasteiger partial charge in [0.2, 0.25) is 0 Å². The summed E-state index contributed by atoms with van der Waals surface area (Å²) in [4.78, 5) is 11.6. The standard InChI is InChI=1S/C27H30FN5.H2/c1-5-18(15-29-3)20-12-23-22(6-7-25(23)30-16-20)19-13-24(28)27-26(14-19)33(17(2)31-27)21-8-10-32(4)11-9-21;/h5-6,12-16,21,29H,1,7-11H2,2-4H3;1H/b18-15+;. The van der Waals surface area contributed by atoms with Gasteiger partial charge in [0, 0.05) is 44.5 Å². The molecule has 6 heteroatoms. The Hall–Kier alpha value is -3.25. The summed E-state index contributed by atoms with van der Waals surface area (Å²) in [6, 6.07) is 6.22. The fraction of sp³-hybridized carbons (Fsp3) is 0.333. The summed E-state index contributed by atoms with van der Waals surface area (Å²) >= 11 is 0. The van der Waals surface area contributed by atoms with Crippen LogP contribution in [0.25, 0.3) is 22.2 Å². The van der Waals surface area contributed by atoms with E-state index in [0.717, 1.165) is 77.2 Å². The van der Waals surface area contributed by atoms with Crippen molar-refractivity contribution in [2.24, 2.45) is 0 Å². The first-order valence-corrected chi connectivity index (χ1v) is 11.6. The minimum atomic E-state index is -0.266. The monoisotopic (exact) mass is 445 g/mol. The van der Waals surface area contributed by atoms with E-state index in [4.69, 9.17) is 0 Å². The smallest absolute Gasteiger partial charge is 0.151 e. The average Bonchev–Trinajstić information content (AvgIpc) is 3.38. The summed E-state index contributed by atoms with van der Waals surface area (Å²) < 4.78 is 17.6. The molecule has 0 spiro atoms. The Morgan fingerprint density at radius 2 is 2.06 bits per heavy atom. The van der Waals surface area contributed by atoms with E-state index >= 15 is 4.39 Å². The number of fused-ring (bicyclic) bond motifs is 2. The van der Waals surface area contributed by atoms with E-state index in [2.05, 4.69) is 56.6 Å². The Labute approximate surface area is 195 Å². The summed E-state index contributed by atoms with van der Waals surface area (Å²) in [5.74, 6) is 0.616. The van der Waals surface area contributed by atoms with Crippen LogP contribution in [0, 0.1) is 12.7 Å². The van der Waals surface area contributed by atoms with Gasteiger partial charge >= 0.3 is 0 Å². The Balaban J connectivity index is 0.00000274. The zero-order valence-electron chi connectivity index (χ0n) is 19.5. The maximum atomic E-state index is 15.3. The van der Waals surface area contributed by atoms with Crippen molar-refractivity contribution in [2.75, 3.05) is 27.2 Å². The van der Waals surface area contributed by atoms with Crippen LogP contribution in [0.15, 0.2) is 49.3 Å². The van der Waals surface area contributed by atoms with Crippen LogP contribution in [0.3, 0.4) is 0 Å². The van der Waals surface area contributed by atoms with Crippen LogP contribution in [0.2, 0.25) is 0 Å². The Morgan fingerprint density at radius 1 is 1.27 bits per heavy atom. The number of halogens is 1. The van der Waals surface area contributed by atoms with Crippen molar-refractivity contribution in [3.8, 4) is 0 Å². The lowest BCUT2D eigenvalue weighted by Crippen LogP contribution is -2.31. The minimum absolute atomic E-state index is 0. The van der Waals surface area contributed by atoms with Crippen LogP contribution in [0.4, 0.5) is 4.39 Å². The van der Waals surface area contributed by atoms with Crippen molar-refractivity contribution in [3.63, 3.8) is 0 Å². The quantitative estimate of drug-likeness (QED) is 0.554. The minimum Gasteiger partial charge on any atom is -0.393 e. The number of hydrogen-bond acceptors (Lipinski definition) is 4. The van der Waals surface area contributed by atoms with Crippen molar-refractivity contribution < 1.29 is 5.82 Å². The number of rotatable bonds is 5. The first kappa shape index (κ1) is 21.6. The molecule has 3 aromatic rings. The summed E-state index contributed by atoms with van der Waals surface area (Å²) in [6.45, 7) is 8.00. The molecule has 1 aliphatic heterocycles. The van der Waals surface area contributed by atoms with Crippen LogP contribution in [-0.4, -0.2) is 46.6 Å². The number of aromatic nitrogens is 3. The number of aryl methyl sites for hydroxylation is 1. The van der Waals surface area contributed by atoms with Gasteiger partial charge in [-0.2, -0.15) is 0 Å². The molecule has 1 fully saturated rings. The van der Waals surface area contributed by atoms with E-state index in [9.17, 15) is 0 Å². The molecule has 33 heavy (non-hydrogen) atoms. The maximum Gasteiger partial charge on any atom is 0.151 e. The molecule has 0 atom stereocenters. The second-order valence-electron chi connectivity index (χ2n) is 9.02. The van der Waals surface area contributed by atoms with Crippen LogP contribution in [0.1, 0.15) is 48.5 Å². The number of imidazole rings is 1. The molecule has 2 aliphatic rings. The lowest BCUT2D eigenvalue weighted by Gasteiger charge is -2.31. The van der Waals surface area contributed by atoms with Crippen molar-refractivity contribution in [1.82, 2.24) is 24.8 Å². The van der Waals surface area contributed by atoms with E-state index in [1.54, 1.807) is 6.07 Å². The van der Waals surface area contributed by atoms with E-state index < -0.39 is 0 Å². The topological polar surface area (TPSA) is 46.0 Å². The Morgan fingerprint density at radius 3 is 2.79 bits per heavy atom.